The van der Waals surface area contributed by atoms with Crippen LogP contribution >= 0.6 is 0 Å². The molecule has 0 aliphatic heterocycles. The molecule has 0 amide bonds. The number of benzene rings is 3. The lowest BCUT2D eigenvalue weighted by Gasteiger charge is -2.11. The number of esters is 1. The fourth-order valence-corrected chi connectivity index (χ4v) is 3.02. The van der Waals surface area contributed by atoms with Crippen molar-refractivity contribution >= 4 is 12.0 Å². The zero-order chi connectivity index (χ0) is 24.2. The Kier molecular flexibility index (Phi) is 9.00. The normalized spacial score (nSPS) is 10.2. The molecule has 0 aromatic heterocycles. The van der Waals surface area contributed by atoms with Crippen LogP contribution < -0.4 is 18.9 Å². The monoisotopic (exact) mass is 458 g/mol. The van der Waals surface area contributed by atoms with Gasteiger partial charge in [0.25, 0.3) is 0 Å². The van der Waals surface area contributed by atoms with Crippen molar-refractivity contribution in [1.29, 1.82) is 0 Å². The van der Waals surface area contributed by atoms with Crippen LogP contribution in [0.4, 0.5) is 0 Å². The van der Waals surface area contributed by atoms with E-state index in [1.807, 2.05) is 54.6 Å². The number of rotatable bonds is 9. The molecule has 0 radical (unpaired) electrons. The van der Waals surface area contributed by atoms with E-state index in [0.29, 0.717) is 35.2 Å². The molecule has 0 aliphatic carbocycles. The summed E-state index contributed by atoms with van der Waals surface area (Å²) in [5.74, 6) is 7.05. The van der Waals surface area contributed by atoms with Gasteiger partial charge in [-0.2, -0.15) is 0 Å². The largest absolute Gasteiger partial charge is 0.493 e. The van der Waals surface area contributed by atoms with Crippen molar-refractivity contribution in [3.8, 4) is 34.8 Å². The fourth-order valence-electron chi connectivity index (χ4n) is 3.02. The van der Waals surface area contributed by atoms with Crippen LogP contribution in [0.15, 0.2) is 72.8 Å². The molecule has 3 aromatic rings. The van der Waals surface area contributed by atoms with Gasteiger partial charge in [0.1, 0.15) is 13.2 Å². The molecule has 0 N–H and O–H groups in total. The highest BCUT2D eigenvalue weighted by atomic mass is 16.5. The summed E-state index contributed by atoms with van der Waals surface area (Å²) in [7, 11) is 4.71. The van der Waals surface area contributed by atoms with Crippen molar-refractivity contribution in [2.24, 2.45) is 0 Å². The molecular formula is C28H26O6. The van der Waals surface area contributed by atoms with Crippen molar-refractivity contribution in [3.05, 3.63) is 89.5 Å². The van der Waals surface area contributed by atoms with Gasteiger partial charge in [-0.1, -0.05) is 48.4 Å². The molecule has 0 aliphatic rings. The van der Waals surface area contributed by atoms with Crippen LogP contribution in [-0.4, -0.2) is 33.9 Å². The van der Waals surface area contributed by atoms with Crippen molar-refractivity contribution < 1.29 is 28.5 Å². The van der Waals surface area contributed by atoms with E-state index in [-0.39, 0.29) is 6.61 Å². The second kappa shape index (κ2) is 12.6. The first-order chi connectivity index (χ1) is 16.6. The maximum absolute atomic E-state index is 12.0. The molecule has 0 fully saturated rings. The third-order valence-electron chi connectivity index (χ3n) is 4.74. The number of carbonyl (C=O) groups is 1. The van der Waals surface area contributed by atoms with E-state index >= 15 is 0 Å². The van der Waals surface area contributed by atoms with Crippen molar-refractivity contribution in [2.75, 3.05) is 27.9 Å². The van der Waals surface area contributed by atoms with E-state index in [2.05, 4.69) is 11.8 Å². The molecule has 0 saturated heterocycles. The van der Waals surface area contributed by atoms with Gasteiger partial charge in [0, 0.05) is 11.5 Å². The lowest BCUT2D eigenvalue weighted by Crippen LogP contribution is -2.01. The lowest BCUT2D eigenvalue weighted by atomic mass is 10.2. The van der Waals surface area contributed by atoms with E-state index in [1.165, 1.54) is 0 Å². The van der Waals surface area contributed by atoms with Crippen LogP contribution in [-0.2, 0) is 16.1 Å². The minimum atomic E-state index is -0.625. The maximum atomic E-state index is 12.0. The van der Waals surface area contributed by atoms with Crippen LogP contribution in [0, 0.1) is 11.8 Å². The predicted molar refractivity (Wildman–Crippen MR) is 130 cm³/mol. The minimum Gasteiger partial charge on any atom is -0.493 e. The molecule has 3 rings (SSSR count). The van der Waals surface area contributed by atoms with Gasteiger partial charge >= 0.3 is 5.97 Å². The highest BCUT2D eigenvalue weighted by molar-refractivity contribution is 5.89. The summed E-state index contributed by atoms with van der Waals surface area (Å²) in [6.45, 7) is 0.517. The van der Waals surface area contributed by atoms with Crippen LogP contribution in [0.25, 0.3) is 6.08 Å². The third kappa shape index (κ3) is 7.07. The topological polar surface area (TPSA) is 63.2 Å². The molecule has 34 heavy (non-hydrogen) atoms. The molecule has 6 heteroatoms. The predicted octanol–water partition coefficient (Wildman–Crippen LogP) is 4.90. The first kappa shape index (κ1) is 24.3. The van der Waals surface area contributed by atoms with Gasteiger partial charge in [-0.25, -0.2) is 4.79 Å². The summed E-state index contributed by atoms with van der Waals surface area (Å²) in [4.78, 5) is 12.0. The molecule has 0 bridgehead atoms. The Morgan fingerprint density at radius 3 is 2.26 bits per heavy atom. The van der Waals surface area contributed by atoms with Gasteiger partial charge in [0.05, 0.1) is 21.3 Å². The van der Waals surface area contributed by atoms with Gasteiger partial charge < -0.3 is 23.7 Å². The Balaban J connectivity index is 1.53. The summed E-state index contributed by atoms with van der Waals surface area (Å²) in [6.07, 6.45) is 3.55. The molecule has 6 nitrogen and oxygen atoms in total. The molecule has 0 saturated carbocycles. The third-order valence-corrected chi connectivity index (χ3v) is 4.74. The molecule has 3 aromatic carbocycles. The van der Waals surface area contributed by atoms with Crippen molar-refractivity contribution in [3.63, 3.8) is 0 Å². The zero-order valence-electron chi connectivity index (χ0n) is 19.4. The maximum Gasteiger partial charge on any atom is 0.385 e. The Morgan fingerprint density at radius 2 is 1.53 bits per heavy atom. The number of carbonyl (C=O) groups excluding carboxylic acids is 1. The van der Waals surface area contributed by atoms with Gasteiger partial charge in [0.2, 0.25) is 0 Å². The highest BCUT2D eigenvalue weighted by Gasteiger charge is 2.06. The number of methoxy groups -OCH3 is 3. The molecule has 0 heterocycles. The Labute approximate surface area is 199 Å². The average molecular weight is 459 g/mol. The number of ether oxygens (including phenoxy) is 5. The van der Waals surface area contributed by atoms with E-state index < -0.39 is 5.97 Å². The fraction of sp³-hybridized carbons (Fsp3) is 0.179. The van der Waals surface area contributed by atoms with Crippen LogP contribution in [0.3, 0.4) is 0 Å². The van der Waals surface area contributed by atoms with Crippen molar-refractivity contribution in [2.45, 2.75) is 6.61 Å². The van der Waals surface area contributed by atoms with Gasteiger partial charge in [-0.15, -0.1) is 0 Å². The summed E-state index contributed by atoms with van der Waals surface area (Å²) in [5.41, 5.74) is 2.56. The van der Waals surface area contributed by atoms with E-state index in [1.54, 1.807) is 45.6 Å². The van der Waals surface area contributed by atoms with Crippen molar-refractivity contribution in [1.82, 2.24) is 0 Å². The summed E-state index contributed by atoms with van der Waals surface area (Å²) >= 11 is 0. The summed E-state index contributed by atoms with van der Waals surface area (Å²) in [5, 5.41) is 0. The summed E-state index contributed by atoms with van der Waals surface area (Å²) in [6, 6.07) is 20.6. The lowest BCUT2D eigenvalue weighted by molar-refractivity contribution is -0.135. The van der Waals surface area contributed by atoms with Crippen LogP contribution in [0.1, 0.15) is 16.7 Å². The van der Waals surface area contributed by atoms with Gasteiger partial charge in [0.15, 0.2) is 23.0 Å². The van der Waals surface area contributed by atoms with E-state index in [9.17, 15) is 4.79 Å². The van der Waals surface area contributed by atoms with Crippen LogP contribution in [0.5, 0.6) is 23.0 Å². The molecule has 0 unspecified atom stereocenters. The summed E-state index contributed by atoms with van der Waals surface area (Å²) < 4.78 is 26.9. The van der Waals surface area contributed by atoms with Gasteiger partial charge in [-0.05, 0) is 47.5 Å². The molecule has 0 spiro atoms. The Hall–Kier alpha value is -4.37. The van der Waals surface area contributed by atoms with Crippen LogP contribution in [0.2, 0.25) is 0 Å². The SMILES string of the molecule is COc1ccc(C=CCOC(=O)C#Cc2ccc(OCc3ccccc3)c(OC)c2)cc1OC. The average Bonchev–Trinajstić information content (AvgIpc) is 2.89. The molecule has 0 atom stereocenters. The molecular weight excluding hydrogens is 432 g/mol. The first-order valence-electron chi connectivity index (χ1n) is 10.5. The quantitative estimate of drug-likeness (QED) is 0.336. The second-order valence-corrected chi connectivity index (χ2v) is 7.01. The number of hydrogen-bond acceptors (Lipinski definition) is 6. The van der Waals surface area contributed by atoms with E-state index in [0.717, 1.165) is 11.1 Å². The highest BCUT2D eigenvalue weighted by Crippen LogP contribution is 2.29. The van der Waals surface area contributed by atoms with E-state index in [4.69, 9.17) is 23.7 Å². The Morgan fingerprint density at radius 1 is 0.824 bits per heavy atom. The zero-order valence-corrected chi connectivity index (χ0v) is 19.4. The minimum absolute atomic E-state index is 0.0947. The van der Waals surface area contributed by atoms with Gasteiger partial charge in [-0.3, -0.25) is 0 Å². The molecule has 174 valence electrons. The second-order valence-electron chi connectivity index (χ2n) is 7.01. The smallest absolute Gasteiger partial charge is 0.385 e. The number of hydrogen-bond donors (Lipinski definition) is 0. The first-order valence-corrected chi connectivity index (χ1v) is 10.5. The standard InChI is InChI=1S/C28H26O6/c1-30-24-14-11-21(18-26(24)31-2)10-7-17-33-28(29)16-13-22-12-15-25(27(19-22)32-3)34-20-23-8-5-4-6-9-23/h4-12,14-15,18-19H,17,20H2,1-3H3. The Bertz CT molecular complexity index is 1190.